The third-order valence-corrected chi connectivity index (χ3v) is 6.28. The summed E-state index contributed by atoms with van der Waals surface area (Å²) < 4.78 is 0. The smallest absolute Gasteiger partial charge is 0.232 e. The molecular formula is C20H24N4OS. The quantitative estimate of drug-likeness (QED) is 0.760. The lowest BCUT2D eigenvalue weighted by Gasteiger charge is -2.35. The molecule has 0 aliphatic carbocycles. The fourth-order valence-electron chi connectivity index (χ4n) is 3.95. The largest absolute Gasteiger partial charge is 0.340 e. The Kier molecular flexibility index (Phi) is 5.51. The lowest BCUT2D eigenvalue weighted by atomic mass is 9.95. The number of piperidine rings is 1. The van der Waals surface area contributed by atoms with Crippen LogP contribution in [0.2, 0.25) is 0 Å². The first-order valence-electron chi connectivity index (χ1n) is 9.22. The van der Waals surface area contributed by atoms with Crippen molar-refractivity contribution in [3.05, 3.63) is 54.6 Å². The van der Waals surface area contributed by atoms with Crippen molar-refractivity contribution in [3.8, 4) is 0 Å². The highest BCUT2D eigenvalue weighted by molar-refractivity contribution is 8.00. The van der Waals surface area contributed by atoms with E-state index in [2.05, 4.69) is 25.8 Å². The Balaban J connectivity index is 1.37. The van der Waals surface area contributed by atoms with E-state index in [4.69, 9.17) is 0 Å². The fraction of sp³-hybridized carbons (Fsp3) is 0.450. The number of hydrogen-bond acceptors (Lipinski definition) is 5. The minimum absolute atomic E-state index is 0.253. The first kappa shape index (κ1) is 17.5. The van der Waals surface area contributed by atoms with Crippen LogP contribution in [0.15, 0.2) is 53.8 Å². The summed E-state index contributed by atoms with van der Waals surface area (Å²) in [6.07, 6.45) is 7.81. The molecule has 0 radical (unpaired) electrons. The zero-order valence-electron chi connectivity index (χ0n) is 14.8. The van der Waals surface area contributed by atoms with E-state index in [1.165, 1.54) is 12.8 Å². The first-order valence-corrected chi connectivity index (χ1v) is 10.2. The van der Waals surface area contributed by atoms with Crippen molar-refractivity contribution in [1.29, 1.82) is 0 Å². The maximum Gasteiger partial charge on any atom is 0.232 e. The number of fused-ring (bicyclic) bond motifs is 4. The Hall–Kier alpha value is -1.92. The highest BCUT2D eigenvalue weighted by atomic mass is 32.2. The second kappa shape index (κ2) is 8.18. The highest BCUT2D eigenvalue weighted by Gasteiger charge is 2.36. The normalized spacial score (nSPS) is 23.0. The summed E-state index contributed by atoms with van der Waals surface area (Å²) in [5, 5.41) is 0. The zero-order chi connectivity index (χ0) is 17.8. The van der Waals surface area contributed by atoms with Crippen LogP contribution in [0.4, 0.5) is 0 Å². The van der Waals surface area contributed by atoms with E-state index >= 15 is 0 Å². The van der Waals surface area contributed by atoms with Crippen LogP contribution in [0.1, 0.15) is 18.5 Å². The predicted octanol–water partition coefficient (Wildman–Crippen LogP) is 2.69. The van der Waals surface area contributed by atoms with Gasteiger partial charge in [-0.05, 0) is 43.0 Å². The number of pyridine rings is 2. The Morgan fingerprint density at radius 3 is 2.77 bits per heavy atom. The van der Waals surface area contributed by atoms with Gasteiger partial charge in [0.15, 0.2) is 0 Å². The molecule has 136 valence electrons. The van der Waals surface area contributed by atoms with E-state index in [1.54, 1.807) is 24.2 Å². The van der Waals surface area contributed by atoms with Gasteiger partial charge in [0.2, 0.25) is 5.91 Å². The lowest BCUT2D eigenvalue weighted by Crippen LogP contribution is -2.44. The Bertz CT molecular complexity index is 727. The summed E-state index contributed by atoms with van der Waals surface area (Å²) >= 11 is 1.60. The number of thioether (sulfide) groups is 1. The minimum atomic E-state index is 0.253. The number of carbonyl (C=O) groups excluding carboxylic acids is 1. The van der Waals surface area contributed by atoms with Crippen LogP contribution in [0, 0.1) is 5.92 Å². The molecule has 2 aromatic rings. The first-order chi connectivity index (χ1) is 12.8. The molecule has 3 aliphatic rings. The molecule has 1 amide bonds. The van der Waals surface area contributed by atoms with Gasteiger partial charge in [-0.25, -0.2) is 0 Å². The number of hydrogen-bond donors (Lipinski definition) is 0. The summed E-state index contributed by atoms with van der Waals surface area (Å²) in [7, 11) is 0. The molecule has 3 saturated heterocycles. The van der Waals surface area contributed by atoms with Gasteiger partial charge in [-0.15, -0.1) is 11.8 Å². The maximum absolute atomic E-state index is 12.8. The van der Waals surface area contributed by atoms with E-state index in [0.717, 1.165) is 36.8 Å². The molecule has 3 aliphatic heterocycles. The molecule has 0 aromatic carbocycles. The Morgan fingerprint density at radius 2 is 1.96 bits per heavy atom. The van der Waals surface area contributed by atoms with Gasteiger partial charge in [0.1, 0.15) is 0 Å². The van der Waals surface area contributed by atoms with E-state index < -0.39 is 0 Å². The summed E-state index contributed by atoms with van der Waals surface area (Å²) in [5.74, 6) is 1.33. The van der Waals surface area contributed by atoms with Gasteiger partial charge in [-0.2, -0.15) is 0 Å². The van der Waals surface area contributed by atoms with E-state index in [9.17, 15) is 4.79 Å². The van der Waals surface area contributed by atoms with Gasteiger partial charge < -0.3 is 4.90 Å². The lowest BCUT2D eigenvalue weighted by molar-refractivity contribution is -0.128. The van der Waals surface area contributed by atoms with Crippen LogP contribution in [0.25, 0.3) is 0 Å². The molecule has 5 rings (SSSR count). The maximum atomic E-state index is 12.8. The van der Waals surface area contributed by atoms with Crippen molar-refractivity contribution in [2.24, 2.45) is 5.92 Å². The molecular weight excluding hydrogens is 344 g/mol. The number of nitrogens with zero attached hydrogens (tertiary/aromatic N) is 4. The summed E-state index contributed by atoms with van der Waals surface area (Å²) in [5.41, 5.74) is 1.12. The Labute approximate surface area is 158 Å². The minimum Gasteiger partial charge on any atom is -0.340 e. The van der Waals surface area contributed by atoms with Gasteiger partial charge in [0.05, 0.1) is 11.4 Å². The van der Waals surface area contributed by atoms with Crippen LogP contribution >= 0.6 is 11.8 Å². The van der Waals surface area contributed by atoms with Crippen molar-refractivity contribution in [2.75, 3.05) is 25.4 Å². The Morgan fingerprint density at radius 1 is 1.08 bits per heavy atom. The number of carbonyl (C=O) groups is 1. The molecule has 0 saturated carbocycles. The van der Waals surface area contributed by atoms with Crippen molar-refractivity contribution in [2.45, 2.75) is 30.3 Å². The van der Waals surface area contributed by atoms with Crippen molar-refractivity contribution >= 4 is 17.7 Å². The topological polar surface area (TPSA) is 49.3 Å². The second-order valence-corrected chi connectivity index (χ2v) is 8.17. The molecule has 5 nitrogen and oxygen atoms in total. The van der Waals surface area contributed by atoms with E-state index in [0.29, 0.717) is 17.7 Å². The third kappa shape index (κ3) is 4.24. The highest BCUT2D eigenvalue weighted by Crippen LogP contribution is 2.29. The van der Waals surface area contributed by atoms with Crippen LogP contribution in [0.5, 0.6) is 0 Å². The van der Waals surface area contributed by atoms with Crippen molar-refractivity contribution in [1.82, 2.24) is 19.8 Å². The SMILES string of the molecule is O=C(CSc1ccncc1)N1C[C@@H]2CC[C@H](C1)N(Cc1ccccn1)C2. The second-order valence-electron chi connectivity index (χ2n) is 7.12. The molecule has 0 N–H and O–H groups in total. The average Bonchev–Trinajstić information content (AvgIpc) is 3.00. The van der Waals surface area contributed by atoms with E-state index in [-0.39, 0.29) is 5.91 Å². The fourth-order valence-corrected chi connectivity index (χ4v) is 4.73. The molecule has 2 bridgehead atoms. The number of aromatic nitrogens is 2. The molecule has 0 spiro atoms. The van der Waals surface area contributed by atoms with Crippen LogP contribution in [0.3, 0.4) is 0 Å². The summed E-state index contributed by atoms with van der Waals surface area (Å²) in [4.78, 5) is 27.0. The predicted molar refractivity (Wildman–Crippen MR) is 103 cm³/mol. The van der Waals surface area contributed by atoms with Gasteiger partial charge in [0, 0.05) is 55.7 Å². The van der Waals surface area contributed by atoms with Crippen LogP contribution < -0.4 is 0 Å². The molecule has 26 heavy (non-hydrogen) atoms. The van der Waals surface area contributed by atoms with Crippen LogP contribution in [-0.4, -0.2) is 57.1 Å². The standard InChI is InChI=1S/C20H24N4OS/c25-20(15-26-19-6-9-21-10-7-19)24-12-16-4-5-18(14-24)23(11-16)13-17-3-1-2-8-22-17/h1-3,6-10,16,18H,4-5,11-15H2/t16-,18-/m1/s1. The molecule has 3 fully saturated rings. The summed E-state index contributed by atoms with van der Waals surface area (Å²) in [6, 6.07) is 10.5. The molecule has 6 heteroatoms. The van der Waals surface area contributed by atoms with E-state index in [1.807, 2.05) is 30.5 Å². The zero-order valence-corrected chi connectivity index (χ0v) is 15.6. The molecule has 2 atom stereocenters. The monoisotopic (exact) mass is 368 g/mol. The van der Waals surface area contributed by atoms with Gasteiger partial charge in [-0.3, -0.25) is 19.7 Å². The van der Waals surface area contributed by atoms with Gasteiger partial charge >= 0.3 is 0 Å². The molecule has 2 aromatic heterocycles. The average molecular weight is 369 g/mol. The van der Waals surface area contributed by atoms with Crippen molar-refractivity contribution < 1.29 is 4.79 Å². The third-order valence-electron chi connectivity index (χ3n) is 5.28. The van der Waals surface area contributed by atoms with Crippen LogP contribution in [-0.2, 0) is 11.3 Å². The number of rotatable bonds is 5. The van der Waals surface area contributed by atoms with Gasteiger partial charge in [0.25, 0.3) is 0 Å². The molecule has 0 unspecified atom stereocenters. The van der Waals surface area contributed by atoms with Crippen molar-refractivity contribution in [3.63, 3.8) is 0 Å². The number of amides is 1. The summed E-state index contributed by atoms with van der Waals surface area (Å²) in [6.45, 7) is 3.70. The molecule has 5 heterocycles. The van der Waals surface area contributed by atoms with Gasteiger partial charge in [-0.1, -0.05) is 6.07 Å².